The number of rotatable bonds is 5. The number of aldehydes is 1. The van der Waals surface area contributed by atoms with E-state index in [-0.39, 0.29) is 5.91 Å². The van der Waals surface area contributed by atoms with Gasteiger partial charge in [-0.2, -0.15) is 5.26 Å². The summed E-state index contributed by atoms with van der Waals surface area (Å²) in [5.74, 6) is -0.172. The molecule has 1 aromatic heterocycles. The summed E-state index contributed by atoms with van der Waals surface area (Å²) in [6.45, 7) is 3.36. The first-order valence-corrected chi connectivity index (χ1v) is 10.5. The minimum Gasteiger partial charge on any atom is -0.333 e. The lowest BCUT2D eigenvalue weighted by molar-refractivity contribution is -0.114. The summed E-state index contributed by atoms with van der Waals surface area (Å²) in [6.07, 6.45) is 6.39. The zero-order chi connectivity index (χ0) is 23.4. The lowest BCUT2D eigenvalue weighted by Crippen LogP contribution is -2.36. The monoisotopic (exact) mass is 434 g/mol. The van der Waals surface area contributed by atoms with Gasteiger partial charge >= 0.3 is 0 Å². The average molecular weight is 434 g/mol. The topological polar surface area (TPSA) is 86.1 Å². The number of nitrogens with one attached hydrogen (secondary N) is 1. The van der Waals surface area contributed by atoms with Gasteiger partial charge in [0.05, 0.1) is 17.3 Å². The van der Waals surface area contributed by atoms with Gasteiger partial charge in [0.15, 0.2) is 0 Å². The molecule has 2 aromatic carbocycles. The molecule has 1 unspecified atom stereocenters. The van der Waals surface area contributed by atoms with E-state index in [9.17, 15) is 14.9 Å². The number of aromatic nitrogens is 1. The number of amides is 1. The Kier molecular flexibility index (Phi) is 6.14. The number of hydrogen-bond donors (Lipinski definition) is 1. The third-order valence-electron chi connectivity index (χ3n) is 5.55. The third kappa shape index (κ3) is 4.30. The van der Waals surface area contributed by atoms with E-state index in [1.165, 1.54) is 6.92 Å². The molecule has 1 aliphatic heterocycles. The van der Waals surface area contributed by atoms with E-state index in [1.807, 2.05) is 72.6 Å². The van der Waals surface area contributed by atoms with Crippen LogP contribution in [0.3, 0.4) is 0 Å². The van der Waals surface area contributed by atoms with Crippen LogP contribution in [0.1, 0.15) is 29.3 Å². The summed E-state index contributed by atoms with van der Waals surface area (Å²) >= 11 is 0. The summed E-state index contributed by atoms with van der Waals surface area (Å²) < 4.78 is 0. The van der Waals surface area contributed by atoms with Crippen LogP contribution < -0.4 is 10.2 Å². The van der Waals surface area contributed by atoms with Crippen molar-refractivity contribution in [3.63, 3.8) is 0 Å². The second kappa shape index (κ2) is 9.33. The molecule has 1 N–H and O–H groups in total. The maximum Gasteiger partial charge on any atom is 0.221 e. The highest BCUT2D eigenvalue weighted by atomic mass is 16.1. The Morgan fingerprint density at radius 2 is 1.91 bits per heavy atom. The van der Waals surface area contributed by atoms with Crippen LogP contribution in [0, 0.1) is 18.3 Å². The molecule has 4 rings (SSSR count). The largest absolute Gasteiger partial charge is 0.333 e. The second-order valence-corrected chi connectivity index (χ2v) is 7.68. The van der Waals surface area contributed by atoms with Gasteiger partial charge < -0.3 is 15.0 Å². The standard InChI is InChI=1S/C27H22N4O2/c1-18-24(30-19(2)33)11-7-12-26(18)31-16-21(25-10-5-6-13-29-25)14-23(27(31)17-32)22-9-4-3-8-20(22)15-28/h3-14,16-17,27H,1-2H3,(H,30,33). The van der Waals surface area contributed by atoms with Gasteiger partial charge in [-0.05, 0) is 60.0 Å². The van der Waals surface area contributed by atoms with Crippen molar-refractivity contribution in [2.45, 2.75) is 19.9 Å². The fourth-order valence-electron chi connectivity index (χ4n) is 4.00. The van der Waals surface area contributed by atoms with Gasteiger partial charge in [-0.3, -0.25) is 9.78 Å². The second-order valence-electron chi connectivity index (χ2n) is 7.68. The molecule has 3 aromatic rings. The molecular formula is C27H22N4O2. The van der Waals surface area contributed by atoms with Crippen molar-refractivity contribution in [3.05, 3.63) is 102 Å². The maximum atomic E-state index is 12.5. The number of hydrogen-bond acceptors (Lipinski definition) is 5. The Morgan fingerprint density at radius 1 is 1.12 bits per heavy atom. The van der Waals surface area contributed by atoms with E-state index in [0.717, 1.165) is 28.8 Å². The Bertz CT molecular complexity index is 1320. The van der Waals surface area contributed by atoms with Crippen molar-refractivity contribution in [2.75, 3.05) is 10.2 Å². The van der Waals surface area contributed by atoms with Crippen LogP contribution in [0.4, 0.5) is 11.4 Å². The van der Waals surface area contributed by atoms with Gasteiger partial charge in [0.1, 0.15) is 12.3 Å². The van der Waals surface area contributed by atoms with Crippen molar-refractivity contribution < 1.29 is 9.59 Å². The fourth-order valence-corrected chi connectivity index (χ4v) is 4.00. The Balaban J connectivity index is 1.93. The van der Waals surface area contributed by atoms with Gasteiger partial charge in [0.25, 0.3) is 0 Å². The zero-order valence-electron chi connectivity index (χ0n) is 18.3. The van der Waals surface area contributed by atoms with Crippen molar-refractivity contribution in [3.8, 4) is 6.07 Å². The smallest absolute Gasteiger partial charge is 0.221 e. The predicted octanol–water partition coefficient (Wildman–Crippen LogP) is 4.73. The number of carbonyl (C=O) groups excluding carboxylic acids is 2. The number of carbonyl (C=O) groups is 2. The van der Waals surface area contributed by atoms with Crippen LogP contribution in [-0.2, 0) is 9.59 Å². The SMILES string of the molecule is CC(=O)Nc1cccc(N2C=C(c3ccccn3)C=C(c3ccccc3C#N)C2C=O)c1C. The molecule has 2 heterocycles. The first-order valence-electron chi connectivity index (χ1n) is 10.5. The van der Waals surface area contributed by atoms with Crippen molar-refractivity contribution >= 4 is 34.7 Å². The molecule has 33 heavy (non-hydrogen) atoms. The average Bonchev–Trinajstić information content (AvgIpc) is 2.84. The molecule has 0 radical (unpaired) electrons. The van der Waals surface area contributed by atoms with Crippen LogP contribution in [0.5, 0.6) is 0 Å². The highest BCUT2D eigenvalue weighted by Crippen LogP contribution is 2.38. The van der Waals surface area contributed by atoms with Crippen LogP contribution in [0.2, 0.25) is 0 Å². The molecule has 0 saturated carbocycles. The molecule has 0 aliphatic carbocycles. The first kappa shape index (κ1) is 21.7. The number of nitrogens with zero attached hydrogens (tertiary/aromatic N) is 3. The number of nitriles is 1. The molecule has 6 heteroatoms. The van der Waals surface area contributed by atoms with E-state index in [1.54, 1.807) is 18.3 Å². The van der Waals surface area contributed by atoms with E-state index < -0.39 is 6.04 Å². The van der Waals surface area contributed by atoms with E-state index in [2.05, 4.69) is 16.4 Å². The van der Waals surface area contributed by atoms with E-state index in [4.69, 9.17) is 0 Å². The Morgan fingerprint density at radius 3 is 2.61 bits per heavy atom. The molecule has 6 nitrogen and oxygen atoms in total. The predicted molar refractivity (Wildman–Crippen MR) is 129 cm³/mol. The van der Waals surface area contributed by atoms with Crippen molar-refractivity contribution in [1.29, 1.82) is 5.26 Å². The zero-order valence-corrected chi connectivity index (χ0v) is 18.3. The molecule has 1 aliphatic rings. The normalized spacial score (nSPS) is 15.2. The lowest BCUT2D eigenvalue weighted by atomic mass is 9.89. The van der Waals surface area contributed by atoms with Crippen LogP contribution >= 0.6 is 0 Å². The van der Waals surface area contributed by atoms with Gasteiger partial charge in [-0.1, -0.05) is 30.3 Å². The molecular weight excluding hydrogens is 412 g/mol. The first-order chi connectivity index (χ1) is 16.0. The minimum atomic E-state index is -0.668. The fraction of sp³-hybridized carbons (Fsp3) is 0.111. The van der Waals surface area contributed by atoms with Gasteiger partial charge in [-0.25, -0.2) is 0 Å². The Hall–Kier alpha value is -4.50. The quantitative estimate of drug-likeness (QED) is 0.587. The lowest BCUT2D eigenvalue weighted by Gasteiger charge is -2.34. The maximum absolute atomic E-state index is 12.5. The highest BCUT2D eigenvalue weighted by Gasteiger charge is 2.29. The number of allylic oxidation sites excluding steroid dienone is 2. The van der Waals surface area contributed by atoms with Crippen LogP contribution in [0.25, 0.3) is 11.1 Å². The summed E-state index contributed by atoms with van der Waals surface area (Å²) in [4.78, 5) is 30.5. The van der Waals surface area contributed by atoms with E-state index >= 15 is 0 Å². The van der Waals surface area contributed by atoms with Crippen LogP contribution in [-0.4, -0.2) is 23.2 Å². The van der Waals surface area contributed by atoms with Gasteiger partial charge in [0.2, 0.25) is 5.91 Å². The van der Waals surface area contributed by atoms with E-state index in [0.29, 0.717) is 22.4 Å². The third-order valence-corrected chi connectivity index (χ3v) is 5.55. The summed E-state index contributed by atoms with van der Waals surface area (Å²) in [6, 6.07) is 20.0. The molecule has 0 bridgehead atoms. The van der Waals surface area contributed by atoms with Crippen LogP contribution in [0.15, 0.2) is 79.1 Å². The van der Waals surface area contributed by atoms with Crippen molar-refractivity contribution in [1.82, 2.24) is 4.98 Å². The molecule has 0 spiro atoms. The summed E-state index contributed by atoms with van der Waals surface area (Å²) in [5.41, 5.74) is 5.70. The molecule has 0 fully saturated rings. The summed E-state index contributed by atoms with van der Waals surface area (Å²) in [7, 11) is 0. The van der Waals surface area contributed by atoms with Crippen molar-refractivity contribution in [2.24, 2.45) is 0 Å². The molecule has 0 saturated heterocycles. The van der Waals surface area contributed by atoms with Gasteiger partial charge in [-0.15, -0.1) is 0 Å². The highest BCUT2D eigenvalue weighted by molar-refractivity contribution is 6.00. The number of benzene rings is 2. The minimum absolute atomic E-state index is 0.172. The molecule has 1 atom stereocenters. The Labute approximate surface area is 192 Å². The number of pyridine rings is 1. The number of anilines is 2. The summed E-state index contributed by atoms with van der Waals surface area (Å²) in [5, 5.41) is 12.5. The molecule has 162 valence electrons. The molecule has 1 amide bonds. The van der Waals surface area contributed by atoms with Gasteiger partial charge in [0, 0.05) is 36.3 Å².